The van der Waals surface area contributed by atoms with Gasteiger partial charge < -0.3 is 0 Å². The van der Waals surface area contributed by atoms with Crippen molar-refractivity contribution in [1.82, 2.24) is 0 Å². The molecular formula is C8H8ClN. The molecule has 1 nitrogen and oxygen atoms in total. The molecule has 0 amide bonds. The molecule has 52 valence electrons. The van der Waals surface area contributed by atoms with Crippen molar-refractivity contribution in [2.45, 2.75) is 13.3 Å². The first-order valence-corrected chi connectivity index (χ1v) is 3.59. The average molecular weight is 154 g/mol. The summed E-state index contributed by atoms with van der Waals surface area (Å²) in [5.41, 5.74) is 0.683. The molecule has 0 radical (unpaired) electrons. The Kier molecular flexibility index (Phi) is 2.13. The van der Waals surface area contributed by atoms with Crippen LogP contribution >= 0.6 is 11.6 Å². The molecule has 1 atom stereocenters. The highest BCUT2D eigenvalue weighted by Gasteiger charge is 2.10. The fourth-order valence-corrected chi connectivity index (χ4v) is 1.05. The summed E-state index contributed by atoms with van der Waals surface area (Å²) < 4.78 is 0. The zero-order valence-corrected chi connectivity index (χ0v) is 6.52. The second-order valence-electron chi connectivity index (χ2n) is 2.44. The molecule has 10 heavy (non-hydrogen) atoms. The monoisotopic (exact) mass is 153 g/mol. The summed E-state index contributed by atoms with van der Waals surface area (Å²) >= 11 is 5.81. The van der Waals surface area contributed by atoms with E-state index in [2.05, 4.69) is 6.07 Å². The van der Waals surface area contributed by atoms with Crippen LogP contribution in [0.4, 0.5) is 0 Å². The minimum Gasteiger partial charge on any atom is -0.192 e. The number of rotatable bonds is 0. The Labute approximate surface area is 65.6 Å². The fraction of sp³-hybridized carbons (Fsp3) is 0.375. The Morgan fingerprint density at radius 3 is 3.00 bits per heavy atom. The quantitative estimate of drug-likeness (QED) is 0.525. The van der Waals surface area contributed by atoms with Crippen molar-refractivity contribution in [3.8, 4) is 6.07 Å². The highest BCUT2D eigenvalue weighted by Crippen LogP contribution is 2.25. The maximum absolute atomic E-state index is 8.47. The predicted molar refractivity (Wildman–Crippen MR) is 41.4 cm³/mol. The van der Waals surface area contributed by atoms with E-state index in [4.69, 9.17) is 16.9 Å². The molecule has 2 heteroatoms. The zero-order chi connectivity index (χ0) is 7.56. The number of halogens is 1. The molecule has 0 N–H and O–H groups in total. The molecule has 0 aromatic heterocycles. The lowest BCUT2D eigenvalue weighted by molar-refractivity contribution is 0.718. The van der Waals surface area contributed by atoms with Crippen LogP contribution in [0.25, 0.3) is 0 Å². The van der Waals surface area contributed by atoms with Crippen LogP contribution in [0.15, 0.2) is 22.8 Å². The Bertz CT molecular complexity index is 232. The summed E-state index contributed by atoms with van der Waals surface area (Å²) in [4.78, 5) is 0. The predicted octanol–water partition coefficient (Wildman–Crippen LogP) is 2.60. The van der Waals surface area contributed by atoms with Crippen LogP contribution in [-0.2, 0) is 0 Å². The summed E-state index contributed by atoms with van der Waals surface area (Å²) in [6.45, 7) is 2.05. The van der Waals surface area contributed by atoms with E-state index >= 15 is 0 Å². The van der Waals surface area contributed by atoms with Crippen LogP contribution in [0.3, 0.4) is 0 Å². The van der Waals surface area contributed by atoms with Gasteiger partial charge in [0.05, 0.1) is 6.07 Å². The van der Waals surface area contributed by atoms with Crippen LogP contribution in [0.5, 0.6) is 0 Å². The topological polar surface area (TPSA) is 23.8 Å². The lowest BCUT2D eigenvalue weighted by Crippen LogP contribution is -1.97. The van der Waals surface area contributed by atoms with Gasteiger partial charge in [-0.2, -0.15) is 5.26 Å². The Balaban J connectivity index is 2.82. The van der Waals surface area contributed by atoms with Gasteiger partial charge in [-0.05, 0) is 18.4 Å². The van der Waals surface area contributed by atoms with Crippen LogP contribution in [-0.4, -0.2) is 0 Å². The van der Waals surface area contributed by atoms with Crippen LogP contribution < -0.4 is 0 Å². The zero-order valence-electron chi connectivity index (χ0n) is 5.76. The average Bonchev–Trinajstić information content (AvgIpc) is 1.95. The van der Waals surface area contributed by atoms with Gasteiger partial charge in [0.25, 0.3) is 0 Å². The first-order chi connectivity index (χ1) is 4.74. The highest BCUT2D eigenvalue weighted by atomic mass is 35.5. The van der Waals surface area contributed by atoms with Gasteiger partial charge in [0.1, 0.15) is 0 Å². The third-order valence-electron chi connectivity index (χ3n) is 1.58. The first kappa shape index (κ1) is 7.37. The third-order valence-corrected chi connectivity index (χ3v) is 2.07. The van der Waals surface area contributed by atoms with Gasteiger partial charge in [-0.1, -0.05) is 24.6 Å². The Hall–Kier alpha value is -0.740. The number of allylic oxidation sites excluding steroid dienone is 4. The van der Waals surface area contributed by atoms with Crippen molar-refractivity contribution < 1.29 is 0 Å². The molecule has 0 aromatic carbocycles. The minimum atomic E-state index is 0.388. The minimum absolute atomic E-state index is 0.388. The van der Waals surface area contributed by atoms with Crippen molar-refractivity contribution in [2.75, 3.05) is 0 Å². The second kappa shape index (κ2) is 2.90. The smallest absolute Gasteiger partial charge is 0.0988 e. The van der Waals surface area contributed by atoms with Crippen molar-refractivity contribution in [3.63, 3.8) is 0 Å². The molecular weight excluding hydrogens is 146 g/mol. The molecule has 0 saturated heterocycles. The molecule has 1 unspecified atom stereocenters. The van der Waals surface area contributed by atoms with E-state index in [9.17, 15) is 0 Å². The Morgan fingerprint density at radius 2 is 2.50 bits per heavy atom. The maximum atomic E-state index is 8.47. The van der Waals surface area contributed by atoms with Gasteiger partial charge in [-0.3, -0.25) is 0 Å². The van der Waals surface area contributed by atoms with Gasteiger partial charge in [-0.15, -0.1) is 0 Å². The summed E-state index contributed by atoms with van der Waals surface area (Å²) in [5, 5.41) is 9.26. The van der Waals surface area contributed by atoms with Crippen molar-refractivity contribution in [3.05, 3.63) is 22.8 Å². The normalized spacial score (nSPS) is 24.7. The van der Waals surface area contributed by atoms with E-state index in [-0.39, 0.29) is 0 Å². The van der Waals surface area contributed by atoms with E-state index in [1.54, 1.807) is 6.08 Å². The van der Waals surface area contributed by atoms with Crippen molar-refractivity contribution in [1.29, 1.82) is 5.26 Å². The van der Waals surface area contributed by atoms with Gasteiger partial charge >= 0.3 is 0 Å². The van der Waals surface area contributed by atoms with Crippen LogP contribution in [0, 0.1) is 17.2 Å². The van der Waals surface area contributed by atoms with Crippen LogP contribution in [0.1, 0.15) is 13.3 Å². The molecule has 1 aliphatic carbocycles. The van der Waals surface area contributed by atoms with Crippen molar-refractivity contribution >= 4 is 11.6 Å². The molecule has 0 spiro atoms. The number of nitriles is 1. The second-order valence-corrected chi connectivity index (χ2v) is 2.87. The lowest BCUT2D eigenvalue weighted by Gasteiger charge is -2.11. The van der Waals surface area contributed by atoms with E-state index < -0.39 is 0 Å². The van der Waals surface area contributed by atoms with Gasteiger partial charge in [0.2, 0.25) is 0 Å². The van der Waals surface area contributed by atoms with E-state index in [0.29, 0.717) is 11.5 Å². The highest BCUT2D eigenvalue weighted by molar-refractivity contribution is 6.30. The Morgan fingerprint density at radius 1 is 1.80 bits per heavy atom. The van der Waals surface area contributed by atoms with E-state index in [1.807, 2.05) is 13.0 Å². The molecule has 0 aliphatic heterocycles. The SMILES string of the molecule is CC1CC=C(C#N)C=C1Cl. The van der Waals surface area contributed by atoms with E-state index in [1.165, 1.54) is 0 Å². The lowest BCUT2D eigenvalue weighted by atomic mass is 9.99. The van der Waals surface area contributed by atoms with Gasteiger partial charge in [0, 0.05) is 10.6 Å². The molecule has 0 heterocycles. The van der Waals surface area contributed by atoms with Crippen LogP contribution in [0.2, 0.25) is 0 Å². The molecule has 1 rings (SSSR count). The molecule has 0 bridgehead atoms. The standard InChI is InChI=1S/C8H8ClN/c1-6-2-3-7(5-10)4-8(6)9/h3-4,6H,2H2,1H3. The number of hydrogen-bond acceptors (Lipinski definition) is 1. The molecule has 1 aliphatic rings. The molecule has 0 saturated carbocycles. The first-order valence-electron chi connectivity index (χ1n) is 3.21. The van der Waals surface area contributed by atoms with Crippen molar-refractivity contribution in [2.24, 2.45) is 5.92 Å². The third kappa shape index (κ3) is 1.40. The summed E-state index contributed by atoms with van der Waals surface area (Å²) in [6.07, 6.45) is 4.53. The number of hydrogen-bond donors (Lipinski definition) is 0. The van der Waals surface area contributed by atoms with Gasteiger partial charge in [0.15, 0.2) is 0 Å². The molecule has 0 aromatic rings. The number of nitrogens with zero attached hydrogens (tertiary/aromatic N) is 1. The fourth-order valence-electron chi connectivity index (χ4n) is 0.844. The van der Waals surface area contributed by atoms with Gasteiger partial charge in [-0.25, -0.2) is 0 Å². The summed E-state index contributed by atoms with van der Waals surface area (Å²) in [5.74, 6) is 0.388. The summed E-state index contributed by atoms with van der Waals surface area (Å²) in [7, 11) is 0. The maximum Gasteiger partial charge on any atom is 0.0988 e. The molecule has 0 fully saturated rings. The summed E-state index contributed by atoms with van der Waals surface area (Å²) in [6, 6.07) is 2.06. The largest absolute Gasteiger partial charge is 0.192 e. The van der Waals surface area contributed by atoms with E-state index in [0.717, 1.165) is 11.5 Å².